The van der Waals surface area contributed by atoms with E-state index in [1.807, 2.05) is 18.2 Å². The van der Waals surface area contributed by atoms with Crippen LogP contribution in [-0.4, -0.2) is 51.2 Å². The number of nitrogens with zero attached hydrogens (tertiary/aromatic N) is 3. The van der Waals surface area contributed by atoms with Crippen LogP contribution in [0.1, 0.15) is 36.2 Å². The first kappa shape index (κ1) is 15.6. The van der Waals surface area contributed by atoms with Crippen LogP contribution < -0.4 is 5.32 Å². The molecule has 2 aromatic heterocycles. The number of aromatic amines is 1. The summed E-state index contributed by atoms with van der Waals surface area (Å²) in [6, 6.07) is 7.12. The van der Waals surface area contributed by atoms with Crippen molar-refractivity contribution in [2.75, 3.05) is 7.05 Å². The van der Waals surface area contributed by atoms with Crippen LogP contribution >= 0.6 is 0 Å². The number of benzene rings is 1. The minimum atomic E-state index is -0.103. The van der Waals surface area contributed by atoms with Gasteiger partial charge >= 0.3 is 0 Å². The lowest BCUT2D eigenvalue weighted by Gasteiger charge is -2.36. The second kappa shape index (κ2) is 5.95. The molecule has 3 aromatic rings. The molecule has 7 nitrogen and oxygen atoms in total. The number of carbonyl (C=O) groups is 1. The molecule has 2 N–H and O–H groups in total. The normalized spacial score (nSPS) is 25.7. The number of H-pyrrole nitrogens is 1. The molecule has 3 atom stereocenters. The van der Waals surface area contributed by atoms with Gasteiger partial charge in [0, 0.05) is 29.1 Å². The Bertz CT molecular complexity index is 934. The third kappa shape index (κ3) is 2.50. The third-order valence-electron chi connectivity index (χ3n) is 5.89. The first-order valence-electron chi connectivity index (χ1n) is 9.10. The van der Waals surface area contributed by atoms with E-state index < -0.39 is 0 Å². The topological polar surface area (TPSA) is 87.0 Å². The minimum absolute atomic E-state index is 0.103. The molecule has 0 aliphatic carbocycles. The van der Waals surface area contributed by atoms with E-state index >= 15 is 0 Å². The molecule has 4 heterocycles. The molecule has 5 rings (SSSR count). The van der Waals surface area contributed by atoms with Gasteiger partial charge in [0.05, 0.1) is 11.7 Å². The second-order valence-corrected chi connectivity index (χ2v) is 7.36. The lowest BCUT2D eigenvalue weighted by molar-refractivity contribution is 0.0879. The van der Waals surface area contributed by atoms with Crippen LogP contribution in [0.15, 0.2) is 35.1 Å². The Hall–Kier alpha value is -2.67. The van der Waals surface area contributed by atoms with Gasteiger partial charge in [0.15, 0.2) is 5.69 Å². The summed E-state index contributed by atoms with van der Waals surface area (Å²) in [6.07, 6.45) is 7.68. The minimum Gasteiger partial charge on any atom is -0.445 e. The van der Waals surface area contributed by atoms with Crippen molar-refractivity contribution in [3.8, 4) is 11.5 Å². The SMILES string of the molecule is CN1[C@@H]2CC[C@H]1C[C@@H](NC(=O)c1n[nH]c3cc(-c4ncco4)ccc13)C2. The van der Waals surface area contributed by atoms with Crippen molar-refractivity contribution in [3.05, 3.63) is 36.4 Å². The number of hydrogen-bond donors (Lipinski definition) is 2. The van der Waals surface area contributed by atoms with Gasteiger partial charge in [0.1, 0.15) is 6.26 Å². The van der Waals surface area contributed by atoms with Gasteiger partial charge < -0.3 is 14.6 Å². The van der Waals surface area contributed by atoms with E-state index in [4.69, 9.17) is 4.42 Å². The Morgan fingerprint density at radius 2 is 2.12 bits per heavy atom. The Morgan fingerprint density at radius 1 is 1.31 bits per heavy atom. The maximum Gasteiger partial charge on any atom is 0.272 e. The van der Waals surface area contributed by atoms with Gasteiger partial charge in [-0.2, -0.15) is 5.10 Å². The summed E-state index contributed by atoms with van der Waals surface area (Å²) in [5.41, 5.74) is 2.10. The molecular formula is C19H21N5O2. The first-order chi connectivity index (χ1) is 12.7. The van der Waals surface area contributed by atoms with Crippen molar-refractivity contribution in [1.29, 1.82) is 0 Å². The summed E-state index contributed by atoms with van der Waals surface area (Å²) in [7, 11) is 2.20. The fraction of sp³-hybridized carbons (Fsp3) is 0.421. The van der Waals surface area contributed by atoms with Gasteiger partial charge in [-0.25, -0.2) is 4.98 Å². The zero-order valence-electron chi connectivity index (χ0n) is 14.6. The van der Waals surface area contributed by atoms with Gasteiger partial charge in [0.2, 0.25) is 5.89 Å². The summed E-state index contributed by atoms with van der Waals surface area (Å²) in [4.78, 5) is 19.4. The fourth-order valence-electron chi connectivity index (χ4n) is 4.47. The number of carbonyl (C=O) groups excluding carboxylic acids is 1. The maximum atomic E-state index is 12.8. The molecule has 1 amide bonds. The quantitative estimate of drug-likeness (QED) is 0.757. The Balaban J connectivity index is 1.36. The molecule has 2 aliphatic heterocycles. The fourth-order valence-corrected chi connectivity index (χ4v) is 4.47. The number of amides is 1. The van der Waals surface area contributed by atoms with E-state index in [2.05, 4.69) is 32.4 Å². The second-order valence-electron chi connectivity index (χ2n) is 7.36. The monoisotopic (exact) mass is 351 g/mol. The standard InChI is InChI=1S/C19H21N5O2/c1-24-13-3-4-14(24)10-12(9-13)21-18(25)17-15-5-2-11(8-16(15)22-23-17)19-20-6-7-26-19/h2,5-8,12-14H,3-4,9-10H2,1H3,(H,21,25)(H,22,23)/t12-,13+,14-. The average molecular weight is 351 g/mol. The van der Waals surface area contributed by atoms with Crippen LogP contribution in [0.25, 0.3) is 22.4 Å². The predicted molar refractivity (Wildman–Crippen MR) is 96.7 cm³/mol. The van der Waals surface area contributed by atoms with E-state index in [0.29, 0.717) is 23.7 Å². The highest BCUT2D eigenvalue weighted by atomic mass is 16.3. The lowest BCUT2D eigenvalue weighted by Crippen LogP contribution is -2.48. The molecule has 2 aliphatic rings. The van der Waals surface area contributed by atoms with Crippen molar-refractivity contribution < 1.29 is 9.21 Å². The number of aromatic nitrogens is 3. The Morgan fingerprint density at radius 3 is 2.85 bits per heavy atom. The summed E-state index contributed by atoms with van der Waals surface area (Å²) < 4.78 is 5.33. The summed E-state index contributed by atoms with van der Waals surface area (Å²) in [5.74, 6) is 0.448. The summed E-state index contributed by atoms with van der Waals surface area (Å²) >= 11 is 0. The number of fused-ring (bicyclic) bond motifs is 3. The Labute approximate surface area is 150 Å². The van der Waals surface area contributed by atoms with Crippen molar-refractivity contribution in [2.24, 2.45) is 0 Å². The first-order valence-corrected chi connectivity index (χ1v) is 9.10. The maximum absolute atomic E-state index is 12.8. The molecule has 2 bridgehead atoms. The average Bonchev–Trinajstić information content (AvgIpc) is 3.34. The lowest BCUT2D eigenvalue weighted by atomic mass is 9.98. The molecule has 134 valence electrons. The molecule has 0 saturated carbocycles. The van der Waals surface area contributed by atoms with E-state index in [0.717, 1.165) is 29.3 Å². The number of piperidine rings is 1. The van der Waals surface area contributed by atoms with E-state index in [9.17, 15) is 4.79 Å². The number of nitrogens with one attached hydrogen (secondary N) is 2. The Kier molecular flexibility index (Phi) is 3.56. The molecule has 1 aromatic carbocycles. The molecule has 2 fully saturated rings. The third-order valence-corrected chi connectivity index (χ3v) is 5.89. The van der Waals surface area contributed by atoms with Crippen LogP contribution in [0.2, 0.25) is 0 Å². The zero-order chi connectivity index (χ0) is 17.7. The van der Waals surface area contributed by atoms with Crippen LogP contribution in [0, 0.1) is 0 Å². The number of oxazole rings is 1. The predicted octanol–water partition coefficient (Wildman–Crippen LogP) is 2.57. The van der Waals surface area contributed by atoms with Crippen molar-refractivity contribution in [2.45, 2.75) is 43.8 Å². The van der Waals surface area contributed by atoms with E-state index in [1.165, 1.54) is 12.8 Å². The van der Waals surface area contributed by atoms with E-state index in [1.54, 1.807) is 12.5 Å². The summed E-state index contributed by atoms with van der Waals surface area (Å²) in [6.45, 7) is 0. The number of hydrogen-bond acceptors (Lipinski definition) is 5. The molecular weight excluding hydrogens is 330 g/mol. The molecule has 2 saturated heterocycles. The van der Waals surface area contributed by atoms with Gasteiger partial charge in [-0.3, -0.25) is 9.89 Å². The largest absolute Gasteiger partial charge is 0.445 e. The van der Waals surface area contributed by atoms with Gasteiger partial charge in [-0.15, -0.1) is 0 Å². The molecule has 0 spiro atoms. The highest BCUT2D eigenvalue weighted by Gasteiger charge is 2.39. The van der Waals surface area contributed by atoms with Crippen LogP contribution in [0.3, 0.4) is 0 Å². The molecule has 0 radical (unpaired) electrons. The van der Waals surface area contributed by atoms with Crippen LogP contribution in [0.4, 0.5) is 0 Å². The van der Waals surface area contributed by atoms with Crippen LogP contribution in [-0.2, 0) is 0 Å². The van der Waals surface area contributed by atoms with Gasteiger partial charge in [-0.05, 0) is 50.9 Å². The molecule has 26 heavy (non-hydrogen) atoms. The molecule has 0 unspecified atom stereocenters. The van der Waals surface area contributed by atoms with Gasteiger partial charge in [-0.1, -0.05) is 0 Å². The zero-order valence-corrected chi connectivity index (χ0v) is 14.6. The van der Waals surface area contributed by atoms with Crippen molar-refractivity contribution in [1.82, 2.24) is 25.4 Å². The van der Waals surface area contributed by atoms with Crippen LogP contribution in [0.5, 0.6) is 0 Å². The summed E-state index contributed by atoms with van der Waals surface area (Å²) in [5, 5.41) is 11.2. The van der Waals surface area contributed by atoms with Crippen molar-refractivity contribution >= 4 is 16.8 Å². The highest BCUT2D eigenvalue weighted by molar-refractivity contribution is 6.05. The van der Waals surface area contributed by atoms with E-state index in [-0.39, 0.29) is 11.9 Å². The highest BCUT2D eigenvalue weighted by Crippen LogP contribution is 2.34. The van der Waals surface area contributed by atoms with Gasteiger partial charge in [0.25, 0.3) is 5.91 Å². The number of rotatable bonds is 3. The van der Waals surface area contributed by atoms with Crippen molar-refractivity contribution in [3.63, 3.8) is 0 Å². The smallest absolute Gasteiger partial charge is 0.272 e. The molecule has 7 heteroatoms.